The Kier molecular flexibility index (Phi) is 9.33. The quantitative estimate of drug-likeness (QED) is 0.115. The van der Waals surface area contributed by atoms with Crippen LogP contribution >= 0.6 is 0 Å². The van der Waals surface area contributed by atoms with E-state index in [-0.39, 0.29) is 23.9 Å². The number of hydrogen-bond donors (Lipinski definition) is 5. The minimum atomic E-state index is -1.23. The first-order chi connectivity index (χ1) is 26.6. The van der Waals surface area contributed by atoms with E-state index in [0.717, 1.165) is 86.6 Å². The zero-order valence-electron chi connectivity index (χ0n) is 30.8. The van der Waals surface area contributed by atoms with Crippen LogP contribution in [0.15, 0.2) is 72.8 Å². The summed E-state index contributed by atoms with van der Waals surface area (Å²) in [5.74, 6) is 0.986. The molecule has 282 valence electrons. The molecule has 14 heteroatoms. The molecule has 14 nitrogen and oxygen atoms in total. The summed E-state index contributed by atoms with van der Waals surface area (Å²) in [5.41, 5.74) is 7.52. The Bertz CT molecular complexity index is 2470. The van der Waals surface area contributed by atoms with Gasteiger partial charge in [0, 0.05) is 13.1 Å². The maximum absolute atomic E-state index is 13.2. The van der Waals surface area contributed by atoms with Gasteiger partial charge in [-0.2, -0.15) is 0 Å². The fourth-order valence-electron chi connectivity index (χ4n) is 8.01. The maximum Gasteiger partial charge on any atom is 0.407 e. The molecule has 2 aromatic heterocycles. The molecule has 4 amide bonds. The van der Waals surface area contributed by atoms with E-state index < -0.39 is 24.3 Å². The lowest BCUT2D eigenvalue weighted by molar-refractivity contribution is -0.134. The first-order valence-electron chi connectivity index (χ1n) is 18.5. The second kappa shape index (κ2) is 14.4. The molecule has 0 unspecified atom stereocenters. The van der Waals surface area contributed by atoms with E-state index in [0.29, 0.717) is 18.9 Å². The number of likely N-dealkylation sites (tertiary alicyclic amines) is 2. The van der Waals surface area contributed by atoms with Crippen molar-refractivity contribution in [2.24, 2.45) is 0 Å². The van der Waals surface area contributed by atoms with Crippen LogP contribution in [-0.2, 0) is 14.3 Å². The highest BCUT2D eigenvalue weighted by Gasteiger charge is 2.36. The number of aromatic amines is 2. The van der Waals surface area contributed by atoms with Crippen molar-refractivity contribution in [1.29, 1.82) is 0 Å². The number of carboxylic acid groups (broad SMARTS) is 1. The number of benzene rings is 4. The van der Waals surface area contributed by atoms with Crippen LogP contribution in [0.4, 0.5) is 9.59 Å². The summed E-state index contributed by atoms with van der Waals surface area (Å²) in [7, 11) is 1.27. The van der Waals surface area contributed by atoms with E-state index in [9.17, 15) is 19.2 Å². The van der Waals surface area contributed by atoms with E-state index >= 15 is 0 Å². The second-order valence-corrected chi connectivity index (χ2v) is 14.4. The molecule has 2 aliphatic rings. The van der Waals surface area contributed by atoms with Crippen LogP contribution in [0.5, 0.6) is 0 Å². The van der Waals surface area contributed by atoms with Crippen LogP contribution < -0.4 is 10.6 Å². The molecule has 55 heavy (non-hydrogen) atoms. The highest BCUT2D eigenvalue weighted by Crippen LogP contribution is 2.36. The first-order valence-corrected chi connectivity index (χ1v) is 18.5. The number of rotatable bonds is 8. The Morgan fingerprint density at radius 2 is 1.15 bits per heavy atom. The number of amides is 4. The van der Waals surface area contributed by atoms with Crippen LogP contribution in [-0.4, -0.2) is 91.1 Å². The van der Waals surface area contributed by atoms with Crippen molar-refractivity contribution in [3.63, 3.8) is 0 Å². The number of carbonyl (C=O) groups excluding carboxylic acids is 3. The average molecular weight is 743 g/mol. The summed E-state index contributed by atoms with van der Waals surface area (Å²) < 4.78 is 4.67. The van der Waals surface area contributed by atoms with E-state index in [4.69, 9.17) is 15.1 Å². The van der Waals surface area contributed by atoms with Gasteiger partial charge in [-0.05, 0) is 109 Å². The highest BCUT2D eigenvalue weighted by molar-refractivity contribution is 5.93. The van der Waals surface area contributed by atoms with Crippen molar-refractivity contribution in [3.05, 3.63) is 84.4 Å². The monoisotopic (exact) mass is 742 g/mol. The van der Waals surface area contributed by atoms with Crippen molar-refractivity contribution in [1.82, 2.24) is 40.4 Å². The molecule has 6 aromatic rings. The third-order valence-corrected chi connectivity index (χ3v) is 10.8. The van der Waals surface area contributed by atoms with Gasteiger partial charge in [0.25, 0.3) is 0 Å². The summed E-state index contributed by atoms with van der Waals surface area (Å²) in [4.78, 5) is 69.2. The summed E-state index contributed by atoms with van der Waals surface area (Å²) in [5, 5.41) is 16.1. The number of nitrogens with zero attached hydrogens (tertiary/aromatic N) is 4. The average Bonchev–Trinajstić information content (AvgIpc) is 4.01. The summed E-state index contributed by atoms with van der Waals surface area (Å²) in [6.07, 6.45) is 1.31. The van der Waals surface area contributed by atoms with Crippen LogP contribution in [0, 0.1) is 0 Å². The molecule has 8 rings (SSSR count). The summed E-state index contributed by atoms with van der Waals surface area (Å²) >= 11 is 0. The molecule has 0 bridgehead atoms. The van der Waals surface area contributed by atoms with E-state index in [1.807, 2.05) is 18.2 Å². The Morgan fingerprint density at radius 3 is 1.62 bits per heavy atom. The number of H-pyrrole nitrogens is 2. The van der Waals surface area contributed by atoms with Crippen molar-refractivity contribution < 1.29 is 29.0 Å². The minimum Gasteiger partial charge on any atom is -0.465 e. The minimum absolute atomic E-state index is 0.175. The lowest BCUT2D eigenvalue weighted by Gasteiger charge is -2.26. The lowest BCUT2D eigenvalue weighted by atomic mass is 9.97. The van der Waals surface area contributed by atoms with E-state index in [1.54, 1.807) is 23.6 Å². The SMILES string of the molecule is COC(=O)N[C@@H](C)C(=O)N1CCC[C@H]1c1nc2ccc(-c3ccc4ccc(-c5ccc6nc([C@@H]7CCCN7C(=O)[C@H](C)NC(=O)O)[nH]c6c5)cc4c3)cc2[nH]1. The van der Waals surface area contributed by atoms with Crippen molar-refractivity contribution in [2.75, 3.05) is 20.2 Å². The third kappa shape index (κ3) is 6.91. The molecular weight excluding hydrogens is 701 g/mol. The summed E-state index contributed by atoms with van der Waals surface area (Å²) in [6.45, 7) is 4.35. The second-order valence-electron chi connectivity index (χ2n) is 14.4. The van der Waals surface area contributed by atoms with Crippen LogP contribution in [0.2, 0.25) is 0 Å². The molecule has 5 N–H and O–H groups in total. The van der Waals surface area contributed by atoms with Gasteiger partial charge in [-0.1, -0.05) is 36.4 Å². The molecule has 0 radical (unpaired) electrons. The highest BCUT2D eigenvalue weighted by atomic mass is 16.5. The predicted octanol–water partition coefficient (Wildman–Crippen LogP) is 6.65. The largest absolute Gasteiger partial charge is 0.465 e. The number of hydrogen-bond acceptors (Lipinski definition) is 7. The number of aromatic nitrogens is 4. The van der Waals surface area contributed by atoms with Crippen molar-refractivity contribution in [2.45, 2.75) is 63.7 Å². The van der Waals surface area contributed by atoms with E-state index in [1.165, 1.54) is 7.11 Å². The molecule has 4 aromatic carbocycles. The molecule has 2 fully saturated rings. The van der Waals surface area contributed by atoms with Gasteiger partial charge in [-0.25, -0.2) is 19.6 Å². The van der Waals surface area contributed by atoms with Crippen LogP contribution in [0.1, 0.15) is 63.3 Å². The Hall–Kier alpha value is -6.44. The van der Waals surface area contributed by atoms with Gasteiger partial charge in [-0.3, -0.25) is 9.59 Å². The smallest absolute Gasteiger partial charge is 0.407 e. The van der Waals surface area contributed by atoms with Gasteiger partial charge in [0.1, 0.15) is 23.7 Å². The fraction of sp³-hybridized carbons (Fsp3) is 0.317. The molecule has 2 aliphatic heterocycles. The van der Waals surface area contributed by atoms with Gasteiger partial charge >= 0.3 is 12.2 Å². The van der Waals surface area contributed by atoms with Gasteiger partial charge in [-0.15, -0.1) is 0 Å². The molecule has 0 spiro atoms. The van der Waals surface area contributed by atoms with Crippen molar-refractivity contribution in [3.8, 4) is 22.3 Å². The molecule has 0 aliphatic carbocycles. The summed E-state index contributed by atoms with van der Waals surface area (Å²) in [6, 6.07) is 23.0. The predicted molar refractivity (Wildman–Crippen MR) is 207 cm³/mol. The zero-order chi connectivity index (χ0) is 38.4. The number of nitrogens with one attached hydrogen (secondary N) is 4. The van der Waals surface area contributed by atoms with Crippen molar-refractivity contribution >= 4 is 56.8 Å². The van der Waals surface area contributed by atoms with E-state index in [2.05, 4.69) is 79.9 Å². The number of ether oxygens (including phenoxy) is 1. The number of imidazole rings is 2. The number of fused-ring (bicyclic) bond motifs is 3. The van der Waals surface area contributed by atoms with Gasteiger partial charge in [0.15, 0.2) is 0 Å². The molecule has 4 heterocycles. The molecule has 0 saturated carbocycles. The molecule has 2 saturated heterocycles. The Morgan fingerprint density at radius 1 is 0.691 bits per heavy atom. The van der Waals surface area contributed by atoms with Gasteiger partial charge in [0.2, 0.25) is 11.8 Å². The van der Waals surface area contributed by atoms with Gasteiger partial charge < -0.3 is 40.2 Å². The standard InChI is InChI=1S/C41H42N8O6/c1-22(42-40(52)53)38(50)48-16-4-6-34(48)36-44-30-14-12-27(20-32(30)46-36)25-10-8-24-9-11-26(19-29(24)18-25)28-13-15-31-33(21-28)47-37(45-31)35-7-5-17-49(35)39(51)23(2)43-41(54)55-3/h8-15,18-23,34-35,42H,4-7,16-17H2,1-3H3,(H,43,54)(H,44,46)(H,45,47)(H,52,53)/t22-,23-,34-,35-/m0/s1. The third-order valence-electron chi connectivity index (χ3n) is 10.8. The lowest BCUT2D eigenvalue weighted by Crippen LogP contribution is -2.46. The number of carbonyl (C=O) groups is 4. The Balaban J connectivity index is 1.02. The molecule has 4 atom stereocenters. The Labute approximate surface area is 316 Å². The number of alkyl carbamates (subject to hydrolysis) is 1. The topological polar surface area (TPSA) is 186 Å². The van der Waals surface area contributed by atoms with Crippen LogP contribution in [0.3, 0.4) is 0 Å². The number of methoxy groups -OCH3 is 1. The zero-order valence-corrected chi connectivity index (χ0v) is 30.8. The first kappa shape index (κ1) is 35.6. The fourth-order valence-corrected chi connectivity index (χ4v) is 8.01. The van der Waals surface area contributed by atoms with Crippen LogP contribution in [0.25, 0.3) is 55.1 Å². The van der Waals surface area contributed by atoms with Gasteiger partial charge in [0.05, 0.1) is 41.3 Å². The normalized spacial score (nSPS) is 18.2. The molecular formula is C41H42N8O6. The maximum atomic E-state index is 13.2.